The molecule has 0 saturated carbocycles. The van der Waals surface area contributed by atoms with E-state index >= 15 is 0 Å². The number of hydrogen-bond acceptors (Lipinski definition) is 4. The van der Waals surface area contributed by atoms with Crippen molar-refractivity contribution in [2.45, 2.75) is 45.3 Å². The molecule has 1 aliphatic rings. The standard InChI is InChI=1S/C23H26F4N2O3/c1-22(2,23(25,26)27)14-29-10-4-3-5-16(29)13-32-17-7-9-20(28-12-17)18-8-6-15(21(30)31)11-19(18)24/h6-9,11-12,16H,3-5,10,13-14H2,1-2H3,(H,30,31). The van der Waals surface area contributed by atoms with Gasteiger partial charge in [-0.15, -0.1) is 0 Å². The van der Waals surface area contributed by atoms with Gasteiger partial charge in [-0.3, -0.25) is 9.88 Å². The number of rotatable bonds is 7. The first-order valence-corrected chi connectivity index (χ1v) is 10.4. The predicted molar refractivity (Wildman–Crippen MR) is 111 cm³/mol. The zero-order valence-electron chi connectivity index (χ0n) is 18.0. The number of ether oxygens (including phenoxy) is 1. The molecule has 1 N–H and O–H groups in total. The van der Waals surface area contributed by atoms with Crippen molar-refractivity contribution in [1.82, 2.24) is 9.88 Å². The fourth-order valence-corrected chi connectivity index (χ4v) is 3.73. The van der Waals surface area contributed by atoms with Crippen LogP contribution in [0.1, 0.15) is 43.5 Å². The van der Waals surface area contributed by atoms with Crippen molar-refractivity contribution in [3.63, 3.8) is 0 Å². The van der Waals surface area contributed by atoms with Crippen molar-refractivity contribution >= 4 is 5.97 Å². The summed E-state index contributed by atoms with van der Waals surface area (Å²) in [6.45, 7) is 3.16. The van der Waals surface area contributed by atoms with Crippen LogP contribution in [0.4, 0.5) is 17.6 Å². The van der Waals surface area contributed by atoms with Gasteiger partial charge in [-0.25, -0.2) is 9.18 Å². The molecular formula is C23H26F4N2O3. The van der Waals surface area contributed by atoms with E-state index in [2.05, 4.69) is 4.98 Å². The summed E-state index contributed by atoms with van der Waals surface area (Å²) in [5.74, 6) is -1.49. The molecule has 1 saturated heterocycles. The molecule has 1 aliphatic heterocycles. The molecule has 2 aromatic rings. The first-order chi connectivity index (χ1) is 15.0. The van der Waals surface area contributed by atoms with Gasteiger partial charge in [0.25, 0.3) is 0 Å². The molecule has 3 rings (SSSR count). The summed E-state index contributed by atoms with van der Waals surface area (Å²) in [5, 5.41) is 8.94. The number of carbonyl (C=O) groups is 1. The number of carboxylic acid groups (broad SMARTS) is 1. The van der Waals surface area contributed by atoms with Crippen LogP contribution >= 0.6 is 0 Å². The number of benzene rings is 1. The largest absolute Gasteiger partial charge is 0.490 e. The molecule has 1 fully saturated rings. The number of aromatic carboxylic acids is 1. The molecule has 1 unspecified atom stereocenters. The molecule has 2 heterocycles. The summed E-state index contributed by atoms with van der Waals surface area (Å²) in [7, 11) is 0. The van der Waals surface area contributed by atoms with Crippen LogP contribution in [-0.4, -0.2) is 52.9 Å². The second-order valence-electron chi connectivity index (χ2n) is 8.69. The van der Waals surface area contributed by atoms with Gasteiger partial charge in [0.15, 0.2) is 0 Å². The molecule has 174 valence electrons. The molecule has 1 aromatic heterocycles. The maximum atomic E-state index is 14.2. The lowest BCUT2D eigenvalue weighted by Gasteiger charge is -2.41. The Morgan fingerprint density at radius 2 is 1.97 bits per heavy atom. The van der Waals surface area contributed by atoms with Crippen molar-refractivity contribution in [2.24, 2.45) is 5.41 Å². The van der Waals surface area contributed by atoms with Gasteiger partial charge in [-0.1, -0.05) is 6.42 Å². The van der Waals surface area contributed by atoms with Crippen LogP contribution in [0.5, 0.6) is 5.75 Å². The van der Waals surface area contributed by atoms with Crippen LogP contribution in [0.15, 0.2) is 36.5 Å². The number of alkyl halides is 3. The van der Waals surface area contributed by atoms with Crippen molar-refractivity contribution in [3.8, 4) is 17.0 Å². The van der Waals surface area contributed by atoms with Crippen molar-refractivity contribution in [2.75, 3.05) is 19.7 Å². The number of carboxylic acids is 1. The Hall–Kier alpha value is -2.68. The molecule has 32 heavy (non-hydrogen) atoms. The normalized spacial score (nSPS) is 17.9. The van der Waals surface area contributed by atoms with Gasteiger partial charge in [-0.2, -0.15) is 13.2 Å². The summed E-state index contributed by atoms with van der Waals surface area (Å²) in [5.41, 5.74) is -1.49. The van der Waals surface area contributed by atoms with Crippen LogP contribution in [0, 0.1) is 11.2 Å². The number of halogens is 4. The highest BCUT2D eigenvalue weighted by molar-refractivity contribution is 5.88. The minimum Gasteiger partial charge on any atom is -0.490 e. The maximum absolute atomic E-state index is 14.2. The molecule has 0 aliphatic carbocycles. The Kier molecular flexibility index (Phi) is 7.07. The number of aromatic nitrogens is 1. The fourth-order valence-electron chi connectivity index (χ4n) is 3.73. The average Bonchev–Trinajstić information content (AvgIpc) is 2.72. The quantitative estimate of drug-likeness (QED) is 0.567. The minimum atomic E-state index is -4.28. The Morgan fingerprint density at radius 3 is 2.56 bits per heavy atom. The minimum absolute atomic E-state index is 0.0900. The fraction of sp³-hybridized carbons (Fsp3) is 0.478. The highest BCUT2D eigenvalue weighted by Crippen LogP contribution is 2.39. The summed E-state index contributed by atoms with van der Waals surface area (Å²) in [6, 6.07) is 6.62. The Morgan fingerprint density at radius 1 is 1.22 bits per heavy atom. The summed E-state index contributed by atoms with van der Waals surface area (Å²) >= 11 is 0. The second kappa shape index (κ2) is 9.44. The predicted octanol–water partition coefficient (Wildman–Crippen LogP) is 5.41. The summed E-state index contributed by atoms with van der Waals surface area (Å²) in [6.07, 6.45) is -0.326. The van der Waals surface area contributed by atoms with E-state index in [0.29, 0.717) is 18.0 Å². The van der Waals surface area contributed by atoms with E-state index in [4.69, 9.17) is 9.84 Å². The van der Waals surface area contributed by atoms with Gasteiger partial charge in [0, 0.05) is 18.2 Å². The first-order valence-electron chi connectivity index (χ1n) is 10.4. The lowest BCUT2D eigenvalue weighted by molar-refractivity contribution is -0.219. The highest BCUT2D eigenvalue weighted by atomic mass is 19.4. The van der Waals surface area contributed by atoms with Crippen LogP contribution in [0.25, 0.3) is 11.3 Å². The monoisotopic (exact) mass is 454 g/mol. The van der Waals surface area contributed by atoms with E-state index in [0.717, 1.165) is 25.3 Å². The Balaban J connectivity index is 1.64. The number of pyridine rings is 1. The van der Waals surface area contributed by atoms with Gasteiger partial charge in [-0.05, 0) is 63.6 Å². The van der Waals surface area contributed by atoms with Crippen molar-refractivity contribution in [1.29, 1.82) is 0 Å². The van der Waals surface area contributed by atoms with Crippen LogP contribution < -0.4 is 4.74 Å². The number of nitrogens with zero attached hydrogens (tertiary/aromatic N) is 2. The smallest absolute Gasteiger partial charge is 0.395 e. The molecule has 0 spiro atoms. The highest BCUT2D eigenvalue weighted by Gasteiger charge is 2.48. The van der Waals surface area contributed by atoms with Crippen LogP contribution in [-0.2, 0) is 0 Å². The Bertz CT molecular complexity index is 945. The zero-order valence-corrected chi connectivity index (χ0v) is 18.0. The molecule has 1 atom stereocenters. The summed E-state index contributed by atoms with van der Waals surface area (Å²) < 4.78 is 60.0. The van der Waals surface area contributed by atoms with E-state index in [1.807, 2.05) is 4.90 Å². The number of likely N-dealkylation sites (tertiary alicyclic amines) is 1. The average molecular weight is 454 g/mol. The molecular weight excluding hydrogens is 428 g/mol. The maximum Gasteiger partial charge on any atom is 0.395 e. The van der Waals surface area contributed by atoms with Gasteiger partial charge in [0.2, 0.25) is 0 Å². The molecule has 1 aromatic carbocycles. The lowest BCUT2D eigenvalue weighted by atomic mass is 9.89. The number of hydrogen-bond donors (Lipinski definition) is 1. The third kappa shape index (κ3) is 5.56. The topological polar surface area (TPSA) is 62.7 Å². The zero-order chi connectivity index (χ0) is 23.5. The molecule has 9 heteroatoms. The summed E-state index contributed by atoms with van der Waals surface area (Å²) in [4.78, 5) is 17.0. The van der Waals surface area contributed by atoms with Crippen LogP contribution in [0.3, 0.4) is 0 Å². The van der Waals surface area contributed by atoms with E-state index in [1.54, 1.807) is 12.1 Å². The second-order valence-corrected chi connectivity index (χ2v) is 8.69. The van der Waals surface area contributed by atoms with Crippen molar-refractivity contribution < 1.29 is 32.2 Å². The Labute approximate surface area is 184 Å². The van der Waals surface area contributed by atoms with Crippen molar-refractivity contribution in [3.05, 3.63) is 47.9 Å². The third-order valence-electron chi connectivity index (χ3n) is 5.79. The van der Waals surface area contributed by atoms with Gasteiger partial charge in [0.05, 0.1) is 22.9 Å². The molecule has 5 nitrogen and oxygen atoms in total. The molecule has 0 bridgehead atoms. The van der Waals surface area contributed by atoms with Crippen LogP contribution in [0.2, 0.25) is 0 Å². The van der Waals surface area contributed by atoms with Gasteiger partial charge in [0.1, 0.15) is 18.2 Å². The van der Waals surface area contributed by atoms with Gasteiger partial charge >= 0.3 is 12.1 Å². The first kappa shape index (κ1) is 24.0. The lowest BCUT2D eigenvalue weighted by Crippen LogP contribution is -2.50. The van der Waals surface area contributed by atoms with E-state index < -0.39 is 23.4 Å². The SMILES string of the molecule is CC(C)(CN1CCCCC1COc1ccc(-c2ccc(C(=O)O)cc2F)nc1)C(F)(F)F. The number of piperidine rings is 1. The van der Waals surface area contributed by atoms with E-state index in [9.17, 15) is 22.4 Å². The van der Waals surface area contributed by atoms with E-state index in [1.165, 1.54) is 32.2 Å². The van der Waals surface area contributed by atoms with Gasteiger partial charge < -0.3 is 9.84 Å². The molecule has 0 amide bonds. The third-order valence-corrected chi connectivity index (χ3v) is 5.79. The van der Waals surface area contributed by atoms with E-state index in [-0.39, 0.29) is 30.3 Å². The molecule has 0 radical (unpaired) electrons.